The summed E-state index contributed by atoms with van der Waals surface area (Å²) >= 11 is 0. The Morgan fingerprint density at radius 1 is 1.50 bits per heavy atom. The third-order valence-electron chi connectivity index (χ3n) is 4.04. The highest BCUT2D eigenvalue weighted by Crippen LogP contribution is 2.41. The molecule has 0 aliphatic carbocycles. The maximum Gasteiger partial charge on any atom is 0.318 e. The molecular formula is C15H22O3. The van der Waals surface area contributed by atoms with Crippen LogP contribution < -0.4 is 0 Å². The molecule has 3 heteroatoms. The number of carbonyl (C=O) groups is 2. The van der Waals surface area contributed by atoms with E-state index in [0.717, 1.165) is 19.3 Å². The molecule has 3 nitrogen and oxygen atoms in total. The van der Waals surface area contributed by atoms with Crippen LogP contribution in [0.25, 0.3) is 0 Å². The summed E-state index contributed by atoms with van der Waals surface area (Å²) in [5.74, 6) is -0.773. The lowest BCUT2D eigenvalue weighted by atomic mass is 9.71. The summed E-state index contributed by atoms with van der Waals surface area (Å²) < 4.78 is 4.64. The second kappa shape index (κ2) is 5.98. The van der Waals surface area contributed by atoms with E-state index in [0.29, 0.717) is 5.92 Å². The molecule has 0 amide bonds. The Hall–Kier alpha value is -1.38. The molecule has 1 saturated heterocycles. The predicted molar refractivity (Wildman–Crippen MR) is 70.7 cm³/mol. The summed E-state index contributed by atoms with van der Waals surface area (Å²) in [6.07, 6.45) is 6.69. The van der Waals surface area contributed by atoms with Crippen molar-refractivity contribution in [3.05, 3.63) is 25.3 Å². The third-order valence-corrected chi connectivity index (χ3v) is 4.04. The second-order valence-electron chi connectivity index (χ2n) is 5.20. The summed E-state index contributed by atoms with van der Waals surface area (Å²) in [6, 6.07) is 0. The summed E-state index contributed by atoms with van der Waals surface area (Å²) in [4.78, 5) is 22.8. The molecule has 100 valence electrons. The molecule has 18 heavy (non-hydrogen) atoms. The number of ether oxygens (including phenoxy) is 1. The minimum absolute atomic E-state index is 0.173. The normalized spacial score (nSPS) is 24.2. The van der Waals surface area contributed by atoms with Gasteiger partial charge in [-0.3, -0.25) is 9.59 Å². The number of cyclic esters (lactones) is 2. The smallest absolute Gasteiger partial charge is 0.318 e. The highest BCUT2D eigenvalue weighted by molar-refractivity contribution is 5.95. The van der Waals surface area contributed by atoms with Crippen LogP contribution in [0, 0.1) is 17.3 Å². The molecule has 1 rings (SSSR count). The van der Waals surface area contributed by atoms with Gasteiger partial charge in [-0.1, -0.05) is 26.0 Å². The van der Waals surface area contributed by atoms with E-state index >= 15 is 0 Å². The van der Waals surface area contributed by atoms with Crippen LogP contribution in [0.2, 0.25) is 0 Å². The maximum atomic E-state index is 11.7. The van der Waals surface area contributed by atoms with E-state index in [1.54, 1.807) is 6.08 Å². The summed E-state index contributed by atoms with van der Waals surface area (Å²) in [5.41, 5.74) is -0.375. The molecule has 0 radical (unpaired) electrons. The first kappa shape index (κ1) is 14.7. The van der Waals surface area contributed by atoms with Crippen molar-refractivity contribution >= 4 is 11.9 Å². The van der Waals surface area contributed by atoms with Crippen LogP contribution in [-0.4, -0.2) is 11.9 Å². The molecule has 0 N–H and O–H groups in total. The van der Waals surface area contributed by atoms with Crippen LogP contribution in [0.1, 0.15) is 39.5 Å². The Morgan fingerprint density at radius 2 is 2.17 bits per heavy atom. The van der Waals surface area contributed by atoms with Crippen molar-refractivity contribution < 1.29 is 14.3 Å². The van der Waals surface area contributed by atoms with E-state index in [1.165, 1.54) is 0 Å². The SMILES string of the molecule is C=CC(CC)CCC(C)(C=C)C1CC(=O)OC1=O. The third kappa shape index (κ3) is 3.09. The van der Waals surface area contributed by atoms with Gasteiger partial charge in [-0.2, -0.15) is 0 Å². The summed E-state index contributed by atoms with van der Waals surface area (Å²) in [7, 11) is 0. The Balaban J connectivity index is 2.73. The molecule has 3 unspecified atom stereocenters. The van der Waals surface area contributed by atoms with Crippen LogP contribution in [0.5, 0.6) is 0 Å². The predicted octanol–water partition coefficient (Wildman–Crippen LogP) is 3.26. The van der Waals surface area contributed by atoms with Gasteiger partial charge in [0.15, 0.2) is 0 Å². The summed E-state index contributed by atoms with van der Waals surface area (Å²) in [6.45, 7) is 11.7. The maximum absolute atomic E-state index is 11.7. The Bertz CT molecular complexity index is 359. The van der Waals surface area contributed by atoms with Gasteiger partial charge in [-0.05, 0) is 30.6 Å². The van der Waals surface area contributed by atoms with E-state index in [2.05, 4.69) is 24.8 Å². The average molecular weight is 250 g/mol. The van der Waals surface area contributed by atoms with Gasteiger partial charge in [-0.25, -0.2) is 0 Å². The number of allylic oxidation sites excluding steroid dienone is 2. The van der Waals surface area contributed by atoms with Crippen molar-refractivity contribution in [2.75, 3.05) is 0 Å². The Morgan fingerprint density at radius 3 is 2.56 bits per heavy atom. The minimum Gasteiger partial charge on any atom is -0.393 e. The lowest BCUT2D eigenvalue weighted by Crippen LogP contribution is -2.29. The fraction of sp³-hybridized carbons (Fsp3) is 0.600. The zero-order valence-electron chi connectivity index (χ0n) is 11.3. The van der Waals surface area contributed by atoms with Crippen LogP contribution in [0.3, 0.4) is 0 Å². The number of rotatable bonds is 7. The van der Waals surface area contributed by atoms with Gasteiger partial charge in [0.2, 0.25) is 0 Å². The van der Waals surface area contributed by atoms with E-state index in [1.807, 2.05) is 13.0 Å². The molecule has 3 atom stereocenters. The fourth-order valence-corrected chi connectivity index (χ4v) is 2.38. The number of hydrogen-bond donors (Lipinski definition) is 0. The highest BCUT2D eigenvalue weighted by Gasteiger charge is 2.44. The van der Waals surface area contributed by atoms with Gasteiger partial charge >= 0.3 is 11.9 Å². The van der Waals surface area contributed by atoms with Gasteiger partial charge in [0, 0.05) is 0 Å². The molecule has 1 fully saturated rings. The fourth-order valence-electron chi connectivity index (χ4n) is 2.38. The van der Waals surface area contributed by atoms with Gasteiger partial charge in [0.05, 0.1) is 12.3 Å². The van der Waals surface area contributed by atoms with Gasteiger partial charge in [0.25, 0.3) is 0 Å². The van der Waals surface area contributed by atoms with Crippen LogP contribution in [0.15, 0.2) is 25.3 Å². The standard InChI is InChI=1S/C15H22O3/c1-5-11(6-2)8-9-15(4,7-3)12-10-13(16)18-14(12)17/h5,7,11-12H,1,3,6,8-10H2,2,4H3. The van der Waals surface area contributed by atoms with E-state index < -0.39 is 11.9 Å². The van der Waals surface area contributed by atoms with Crippen LogP contribution >= 0.6 is 0 Å². The van der Waals surface area contributed by atoms with Crippen molar-refractivity contribution in [3.63, 3.8) is 0 Å². The Kier molecular flexibility index (Phi) is 4.88. The average Bonchev–Trinajstić information content (AvgIpc) is 2.70. The molecule has 0 aromatic carbocycles. The molecule has 0 spiro atoms. The van der Waals surface area contributed by atoms with Gasteiger partial charge in [0.1, 0.15) is 0 Å². The molecular weight excluding hydrogens is 228 g/mol. The Labute approximate surface area is 109 Å². The zero-order chi connectivity index (χ0) is 13.8. The van der Waals surface area contributed by atoms with Crippen molar-refractivity contribution in [3.8, 4) is 0 Å². The van der Waals surface area contributed by atoms with E-state index in [-0.39, 0.29) is 17.8 Å². The van der Waals surface area contributed by atoms with E-state index in [9.17, 15) is 9.59 Å². The molecule has 1 aliphatic rings. The van der Waals surface area contributed by atoms with Crippen LogP contribution in [0.4, 0.5) is 0 Å². The first-order valence-corrected chi connectivity index (χ1v) is 6.47. The molecule has 0 bridgehead atoms. The summed E-state index contributed by atoms with van der Waals surface area (Å²) in [5, 5.41) is 0. The van der Waals surface area contributed by atoms with Gasteiger partial charge in [-0.15, -0.1) is 13.2 Å². The first-order chi connectivity index (χ1) is 8.46. The molecule has 0 saturated carbocycles. The van der Waals surface area contributed by atoms with Crippen molar-refractivity contribution in [1.82, 2.24) is 0 Å². The molecule has 1 aliphatic heterocycles. The van der Waals surface area contributed by atoms with Crippen LogP contribution in [-0.2, 0) is 14.3 Å². The molecule has 0 aromatic heterocycles. The minimum atomic E-state index is -0.422. The highest BCUT2D eigenvalue weighted by atomic mass is 16.6. The van der Waals surface area contributed by atoms with Crippen molar-refractivity contribution in [2.45, 2.75) is 39.5 Å². The zero-order valence-corrected chi connectivity index (χ0v) is 11.3. The van der Waals surface area contributed by atoms with E-state index in [4.69, 9.17) is 0 Å². The van der Waals surface area contributed by atoms with Crippen molar-refractivity contribution in [2.24, 2.45) is 17.3 Å². The largest absolute Gasteiger partial charge is 0.393 e. The molecule has 0 aromatic rings. The number of hydrogen-bond acceptors (Lipinski definition) is 3. The second-order valence-corrected chi connectivity index (χ2v) is 5.20. The number of carbonyl (C=O) groups excluding carboxylic acids is 2. The monoisotopic (exact) mass is 250 g/mol. The lowest BCUT2D eigenvalue weighted by molar-refractivity contribution is -0.154. The molecule has 1 heterocycles. The van der Waals surface area contributed by atoms with Crippen molar-refractivity contribution in [1.29, 1.82) is 0 Å². The topological polar surface area (TPSA) is 43.4 Å². The number of esters is 2. The lowest BCUT2D eigenvalue weighted by Gasteiger charge is -2.30. The van der Waals surface area contributed by atoms with Gasteiger partial charge < -0.3 is 4.74 Å². The first-order valence-electron chi connectivity index (χ1n) is 6.47. The quantitative estimate of drug-likeness (QED) is 0.396.